The molecular formula is C27H32N2O6. The number of amides is 2. The normalized spacial score (nSPS) is 16.7. The number of nitrogens with zero attached hydrogens (tertiary/aromatic N) is 1. The van der Waals surface area contributed by atoms with Crippen LogP contribution in [0.3, 0.4) is 0 Å². The van der Waals surface area contributed by atoms with Crippen molar-refractivity contribution in [3.63, 3.8) is 0 Å². The SMILES string of the molecule is CC(C)(C)OC(=O)N1CCC(CC(=O)O)(NC(=O)OCC2c3ccccc3-c3ccccc32)CC1. The van der Waals surface area contributed by atoms with E-state index in [-0.39, 0.29) is 32.0 Å². The van der Waals surface area contributed by atoms with E-state index >= 15 is 0 Å². The molecule has 0 saturated carbocycles. The van der Waals surface area contributed by atoms with Gasteiger partial charge in [0.25, 0.3) is 0 Å². The number of ether oxygens (including phenoxy) is 2. The van der Waals surface area contributed by atoms with E-state index in [1.807, 2.05) is 36.4 Å². The number of likely N-dealkylation sites (tertiary alicyclic amines) is 1. The van der Waals surface area contributed by atoms with Gasteiger partial charge in [0.1, 0.15) is 12.2 Å². The van der Waals surface area contributed by atoms with Gasteiger partial charge in [0.2, 0.25) is 0 Å². The van der Waals surface area contributed by atoms with Crippen molar-refractivity contribution in [3.05, 3.63) is 59.7 Å². The largest absolute Gasteiger partial charge is 0.481 e. The average molecular weight is 481 g/mol. The van der Waals surface area contributed by atoms with Crippen molar-refractivity contribution in [1.82, 2.24) is 10.2 Å². The smallest absolute Gasteiger partial charge is 0.410 e. The molecule has 8 heteroatoms. The summed E-state index contributed by atoms with van der Waals surface area (Å²) in [5.41, 5.74) is 2.86. The molecule has 1 aliphatic carbocycles. The topological polar surface area (TPSA) is 105 Å². The highest BCUT2D eigenvalue weighted by molar-refractivity contribution is 5.79. The standard InChI is InChI=1S/C27H32N2O6/c1-26(2,3)35-25(33)29-14-12-27(13-15-29,16-23(30)31)28-24(32)34-17-22-20-10-6-4-8-18(20)19-9-5-7-11-21(19)22/h4-11,22H,12-17H2,1-3H3,(H,28,32)(H,30,31). The van der Waals surface area contributed by atoms with Crippen LogP contribution in [0.1, 0.15) is 57.1 Å². The lowest BCUT2D eigenvalue weighted by Gasteiger charge is -2.41. The molecule has 0 aromatic heterocycles. The molecule has 8 nitrogen and oxygen atoms in total. The van der Waals surface area contributed by atoms with Gasteiger partial charge >= 0.3 is 18.2 Å². The number of hydrogen-bond donors (Lipinski definition) is 2. The number of carboxylic acids is 1. The minimum Gasteiger partial charge on any atom is -0.481 e. The van der Waals surface area contributed by atoms with Crippen LogP contribution < -0.4 is 5.32 Å². The lowest BCUT2D eigenvalue weighted by Crippen LogP contribution is -2.57. The maximum atomic E-state index is 12.9. The second kappa shape index (κ2) is 9.60. The zero-order valence-corrected chi connectivity index (χ0v) is 20.4. The van der Waals surface area contributed by atoms with Crippen LogP contribution in [-0.2, 0) is 14.3 Å². The molecule has 1 aliphatic heterocycles. The quantitative estimate of drug-likeness (QED) is 0.639. The maximum Gasteiger partial charge on any atom is 0.410 e. The molecule has 1 fully saturated rings. The predicted molar refractivity (Wildman–Crippen MR) is 130 cm³/mol. The molecule has 2 aromatic carbocycles. The zero-order valence-electron chi connectivity index (χ0n) is 20.4. The summed E-state index contributed by atoms with van der Waals surface area (Å²) in [7, 11) is 0. The minimum absolute atomic E-state index is 0.0856. The fraction of sp³-hybridized carbons (Fsp3) is 0.444. The summed E-state index contributed by atoms with van der Waals surface area (Å²) in [6, 6.07) is 16.1. The summed E-state index contributed by atoms with van der Waals surface area (Å²) >= 11 is 0. The highest BCUT2D eigenvalue weighted by Gasteiger charge is 2.41. The van der Waals surface area contributed by atoms with Gasteiger partial charge in [0, 0.05) is 19.0 Å². The summed E-state index contributed by atoms with van der Waals surface area (Å²) in [5.74, 6) is -1.10. The Hall–Kier alpha value is -3.55. The third-order valence-corrected chi connectivity index (χ3v) is 6.57. The molecule has 4 rings (SSSR count). The van der Waals surface area contributed by atoms with E-state index in [9.17, 15) is 19.5 Å². The number of benzene rings is 2. The van der Waals surface area contributed by atoms with Gasteiger partial charge in [-0.25, -0.2) is 9.59 Å². The molecule has 0 spiro atoms. The number of nitrogens with one attached hydrogen (secondary N) is 1. The number of carboxylic acid groups (broad SMARTS) is 1. The van der Waals surface area contributed by atoms with E-state index in [2.05, 4.69) is 17.4 Å². The van der Waals surface area contributed by atoms with Crippen LogP contribution in [0, 0.1) is 0 Å². The number of piperidine rings is 1. The van der Waals surface area contributed by atoms with Crippen molar-refractivity contribution in [2.75, 3.05) is 19.7 Å². The first-order valence-electron chi connectivity index (χ1n) is 11.9. The number of aliphatic carboxylic acids is 1. The Morgan fingerprint density at radius 3 is 2.06 bits per heavy atom. The summed E-state index contributed by atoms with van der Waals surface area (Å²) in [4.78, 5) is 38.4. The monoisotopic (exact) mass is 480 g/mol. The third kappa shape index (κ3) is 5.58. The van der Waals surface area contributed by atoms with Crippen molar-refractivity contribution in [2.24, 2.45) is 0 Å². The fourth-order valence-corrected chi connectivity index (χ4v) is 4.93. The Balaban J connectivity index is 1.40. The Kier molecular flexibility index (Phi) is 6.74. The van der Waals surface area contributed by atoms with Crippen LogP contribution >= 0.6 is 0 Å². The highest BCUT2D eigenvalue weighted by Crippen LogP contribution is 2.44. The Morgan fingerprint density at radius 1 is 1.00 bits per heavy atom. The molecule has 186 valence electrons. The summed E-state index contributed by atoms with van der Waals surface area (Å²) in [6.07, 6.45) is -0.758. The van der Waals surface area contributed by atoms with E-state index < -0.39 is 29.3 Å². The van der Waals surface area contributed by atoms with E-state index in [1.165, 1.54) is 0 Å². The van der Waals surface area contributed by atoms with Crippen molar-refractivity contribution < 1.29 is 29.0 Å². The van der Waals surface area contributed by atoms with Crippen molar-refractivity contribution in [3.8, 4) is 11.1 Å². The van der Waals surface area contributed by atoms with Crippen LogP contribution in [0.15, 0.2) is 48.5 Å². The van der Waals surface area contributed by atoms with E-state index in [0.29, 0.717) is 12.8 Å². The minimum atomic E-state index is -1.02. The number of carbonyl (C=O) groups excluding carboxylic acids is 2. The molecule has 2 aliphatic rings. The number of fused-ring (bicyclic) bond motifs is 3. The van der Waals surface area contributed by atoms with Crippen LogP contribution in [0.5, 0.6) is 0 Å². The zero-order chi connectivity index (χ0) is 25.2. The van der Waals surface area contributed by atoms with Crippen LogP contribution in [0.2, 0.25) is 0 Å². The van der Waals surface area contributed by atoms with Gasteiger partial charge in [-0.1, -0.05) is 48.5 Å². The van der Waals surface area contributed by atoms with Crippen molar-refractivity contribution >= 4 is 18.2 Å². The van der Waals surface area contributed by atoms with E-state index in [1.54, 1.807) is 25.7 Å². The first-order valence-corrected chi connectivity index (χ1v) is 11.9. The molecule has 1 heterocycles. The van der Waals surface area contributed by atoms with Gasteiger partial charge in [0.15, 0.2) is 0 Å². The summed E-state index contributed by atoms with van der Waals surface area (Å²) < 4.78 is 11.1. The number of alkyl carbamates (subject to hydrolysis) is 1. The average Bonchev–Trinajstić information content (AvgIpc) is 3.10. The van der Waals surface area contributed by atoms with Gasteiger partial charge in [-0.2, -0.15) is 0 Å². The Bertz CT molecular complexity index is 1070. The molecule has 2 N–H and O–H groups in total. The Morgan fingerprint density at radius 2 is 1.54 bits per heavy atom. The molecule has 2 amide bonds. The molecule has 35 heavy (non-hydrogen) atoms. The number of hydrogen-bond acceptors (Lipinski definition) is 5. The summed E-state index contributed by atoms with van der Waals surface area (Å²) in [5, 5.41) is 12.3. The third-order valence-electron chi connectivity index (χ3n) is 6.57. The Labute approximate surface area is 205 Å². The lowest BCUT2D eigenvalue weighted by molar-refractivity contribution is -0.139. The fourth-order valence-electron chi connectivity index (χ4n) is 4.93. The first kappa shape index (κ1) is 24.6. The van der Waals surface area contributed by atoms with Crippen molar-refractivity contribution in [2.45, 2.75) is 57.1 Å². The van der Waals surface area contributed by atoms with Gasteiger partial charge in [-0.05, 0) is 55.9 Å². The number of rotatable bonds is 5. The molecule has 0 radical (unpaired) electrons. The van der Waals surface area contributed by atoms with E-state index in [0.717, 1.165) is 22.3 Å². The predicted octanol–water partition coefficient (Wildman–Crippen LogP) is 4.77. The van der Waals surface area contributed by atoms with Crippen LogP contribution in [0.4, 0.5) is 9.59 Å². The van der Waals surface area contributed by atoms with Crippen molar-refractivity contribution in [1.29, 1.82) is 0 Å². The molecular weight excluding hydrogens is 448 g/mol. The highest BCUT2D eigenvalue weighted by atomic mass is 16.6. The first-order chi connectivity index (χ1) is 16.6. The second-order valence-electron chi connectivity index (χ2n) is 10.3. The molecule has 0 bridgehead atoms. The lowest BCUT2D eigenvalue weighted by atomic mass is 9.84. The summed E-state index contributed by atoms with van der Waals surface area (Å²) in [6.45, 7) is 6.09. The van der Waals surface area contributed by atoms with Gasteiger partial charge in [0.05, 0.1) is 12.0 Å². The maximum absolute atomic E-state index is 12.9. The second-order valence-corrected chi connectivity index (χ2v) is 10.3. The van der Waals surface area contributed by atoms with Crippen LogP contribution in [0.25, 0.3) is 11.1 Å². The number of carbonyl (C=O) groups is 3. The van der Waals surface area contributed by atoms with Gasteiger partial charge in [-0.15, -0.1) is 0 Å². The van der Waals surface area contributed by atoms with Gasteiger partial charge in [-0.3, -0.25) is 4.79 Å². The molecule has 0 unspecified atom stereocenters. The molecule has 1 saturated heterocycles. The van der Waals surface area contributed by atoms with E-state index in [4.69, 9.17) is 9.47 Å². The molecule has 0 atom stereocenters. The molecule has 2 aromatic rings. The van der Waals surface area contributed by atoms with Crippen LogP contribution in [-0.4, -0.2) is 59.0 Å². The van der Waals surface area contributed by atoms with Gasteiger partial charge < -0.3 is 24.8 Å².